The fourth-order valence-corrected chi connectivity index (χ4v) is 6.60. The van der Waals surface area contributed by atoms with Gasteiger partial charge in [0.1, 0.15) is 33.5 Å². The summed E-state index contributed by atoms with van der Waals surface area (Å²) >= 11 is 1.18. The number of aromatic nitrogens is 5. The standard InChI is InChI=1S/C28H33FN6O6S/c1-16(2)32-11-8-20(24(32)36)34-25(37)23-17(3)26(35-30-9-10-31-35)42-27(23)33(28(34)38)15-22(41-13-12-39-4)19-14-18(29)6-7-21(19)40-5/h6-7,9-10,14,16,20,22H,8,11-13,15H2,1-5H3/t20-,22+/m1/s1. The first-order valence-electron chi connectivity index (χ1n) is 13.6. The number of likely N-dealkylation sites (tertiary alicyclic amines) is 1. The first-order chi connectivity index (χ1) is 20.2. The number of aryl methyl sites for hydroxylation is 1. The van der Waals surface area contributed by atoms with Crippen LogP contribution in [-0.4, -0.2) is 75.0 Å². The number of fused-ring (bicyclic) bond motifs is 1. The molecule has 1 aliphatic heterocycles. The number of thiophene rings is 1. The Morgan fingerprint density at radius 1 is 1.12 bits per heavy atom. The van der Waals surface area contributed by atoms with Crippen LogP contribution >= 0.6 is 11.3 Å². The predicted octanol–water partition coefficient (Wildman–Crippen LogP) is 2.85. The minimum absolute atomic E-state index is 0.0801. The molecule has 0 bridgehead atoms. The van der Waals surface area contributed by atoms with E-state index in [9.17, 15) is 18.8 Å². The lowest BCUT2D eigenvalue weighted by Gasteiger charge is -2.24. The Balaban J connectivity index is 1.74. The lowest BCUT2D eigenvalue weighted by Crippen LogP contribution is -2.45. The molecule has 0 N–H and O–H groups in total. The summed E-state index contributed by atoms with van der Waals surface area (Å²) in [5, 5.41) is 9.27. The molecule has 0 spiro atoms. The zero-order valence-electron chi connectivity index (χ0n) is 24.1. The molecule has 1 aromatic carbocycles. The first-order valence-corrected chi connectivity index (χ1v) is 14.4. The van der Waals surface area contributed by atoms with Crippen LogP contribution in [0.15, 0.2) is 40.2 Å². The van der Waals surface area contributed by atoms with Gasteiger partial charge in [0.05, 0.1) is 44.6 Å². The summed E-state index contributed by atoms with van der Waals surface area (Å²) in [6, 6.07) is 3.03. The van der Waals surface area contributed by atoms with Crippen molar-refractivity contribution in [2.45, 2.75) is 51.9 Å². The summed E-state index contributed by atoms with van der Waals surface area (Å²) in [7, 11) is 3.00. The van der Waals surface area contributed by atoms with Crippen molar-refractivity contribution in [2.75, 3.05) is 34.0 Å². The van der Waals surface area contributed by atoms with Crippen molar-refractivity contribution in [1.29, 1.82) is 0 Å². The van der Waals surface area contributed by atoms with Crippen molar-refractivity contribution in [3.05, 3.63) is 68.4 Å². The topological polar surface area (TPSA) is 123 Å². The fourth-order valence-electron chi connectivity index (χ4n) is 5.38. The van der Waals surface area contributed by atoms with Crippen LogP contribution in [0.25, 0.3) is 15.2 Å². The smallest absolute Gasteiger partial charge is 0.332 e. The van der Waals surface area contributed by atoms with E-state index >= 15 is 0 Å². The molecule has 224 valence electrons. The Hall–Kier alpha value is -3.88. The van der Waals surface area contributed by atoms with Gasteiger partial charge in [0.2, 0.25) is 5.91 Å². The van der Waals surface area contributed by atoms with Gasteiger partial charge in [-0.05, 0) is 45.4 Å². The quantitative estimate of drug-likeness (QED) is 0.241. The molecule has 12 nitrogen and oxygen atoms in total. The largest absolute Gasteiger partial charge is 0.496 e. The summed E-state index contributed by atoms with van der Waals surface area (Å²) in [5.74, 6) is -0.409. The van der Waals surface area contributed by atoms with Crippen LogP contribution in [0.1, 0.15) is 43.5 Å². The van der Waals surface area contributed by atoms with Crippen molar-refractivity contribution in [2.24, 2.45) is 0 Å². The highest BCUT2D eigenvalue weighted by Gasteiger charge is 2.38. The number of halogens is 1. The van der Waals surface area contributed by atoms with E-state index < -0.39 is 29.2 Å². The van der Waals surface area contributed by atoms with Gasteiger partial charge in [0, 0.05) is 30.8 Å². The van der Waals surface area contributed by atoms with Crippen LogP contribution < -0.4 is 16.0 Å². The van der Waals surface area contributed by atoms with Crippen LogP contribution in [0, 0.1) is 12.7 Å². The van der Waals surface area contributed by atoms with E-state index in [0.717, 1.165) is 4.57 Å². The van der Waals surface area contributed by atoms with Gasteiger partial charge in [-0.15, -0.1) is 4.80 Å². The zero-order valence-corrected chi connectivity index (χ0v) is 24.9. The Labute approximate surface area is 244 Å². The van der Waals surface area contributed by atoms with Gasteiger partial charge in [0.25, 0.3) is 5.56 Å². The minimum atomic E-state index is -0.954. The average molecular weight is 601 g/mol. The molecule has 3 aromatic heterocycles. The van der Waals surface area contributed by atoms with Crippen molar-refractivity contribution in [3.63, 3.8) is 0 Å². The number of benzene rings is 1. The van der Waals surface area contributed by atoms with E-state index in [1.807, 2.05) is 13.8 Å². The van der Waals surface area contributed by atoms with Crippen molar-refractivity contribution < 1.29 is 23.4 Å². The van der Waals surface area contributed by atoms with Crippen molar-refractivity contribution in [1.82, 2.24) is 29.0 Å². The summed E-state index contributed by atoms with van der Waals surface area (Å²) in [6.45, 7) is 6.29. The Kier molecular flexibility index (Phi) is 8.57. The number of methoxy groups -OCH3 is 2. The molecular formula is C28H33FN6O6S. The van der Waals surface area contributed by atoms with Crippen molar-refractivity contribution >= 4 is 27.5 Å². The molecule has 0 radical (unpaired) electrons. The van der Waals surface area contributed by atoms with Crippen LogP contribution in [0.3, 0.4) is 0 Å². The number of carbonyl (C=O) groups excluding carboxylic acids is 1. The fraction of sp³-hybridized carbons (Fsp3) is 0.464. The van der Waals surface area contributed by atoms with Gasteiger partial charge >= 0.3 is 5.69 Å². The Morgan fingerprint density at radius 2 is 1.86 bits per heavy atom. The van der Waals surface area contributed by atoms with E-state index in [-0.39, 0.29) is 37.1 Å². The summed E-state index contributed by atoms with van der Waals surface area (Å²) in [4.78, 5) is 45.2. The molecule has 1 fully saturated rings. The number of hydrogen-bond acceptors (Lipinski definition) is 9. The molecule has 2 atom stereocenters. The SMILES string of the molecule is COCCO[C@@H](Cn1c(=O)n([C@@H]2CCN(C(C)C)C2=O)c(=O)c2c(C)c(-n3nccn3)sc21)c1cc(F)ccc1OC. The molecule has 0 aliphatic carbocycles. The second kappa shape index (κ2) is 12.2. The Bertz CT molecular complexity index is 1710. The van der Waals surface area contributed by atoms with E-state index in [1.165, 1.54) is 65.5 Å². The molecule has 14 heteroatoms. The molecule has 0 unspecified atom stereocenters. The van der Waals surface area contributed by atoms with Gasteiger partial charge < -0.3 is 19.1 Å². The highest BCUT2D eigenvalue weighted by Crippen LogP contribution is 2.34. The van der Waals surface area contributed by atoms with Gasteiger partial charge in [-0.3, -0.25) is 14.2 Å². The maximum Gasteiger partial charge on any atom is 0.332 e. The van der Waals surface area contributed by atoms with E-state index in [4.69, 9.17) is 14.2 Å². The molecule has 0 saturated carbocycles. The third kappa shape index (κ3) is 5.25. The maximum absolute atomic E-state index is 14.5. The Morgan fingerprint density at radius 3 is 2.50 bits per heavy atom. The summed E-state index contributed by atoms with van der Waals surface area (Å²) < 4.78 is 33.7. The van der Waals surface area contributed by atoms with Gasteiger partial charge in [-0.25, -0.2) is 13.8 Å². The van der Waals surface area contributed by atoms with E-state index in [0.29, 0.717) is 39.7 Å². The van der Waals surface area contributed by atoms with E-state index in [1.54, 1.807) is 11.8 Å². The second-order valence-corrected chi connectivity index (χ2v) is 11.2. The lowest BCUT2D eigenvalue weighted by atomic mass is 10.1. The number of ether oxygens (including phenoxy) is 3. The molecule has 4 aromatic rings. The van der Waals surface area contributed by atoms with Gasteiger partial charge in [-0.1, -0.05) is 11.3 Å². The average Bonchev–Trinajstić information content (AvgIpc) is 3.70. The molecule has 5 rings (SSSR count). The highest BCUT2D eigenvalue weighted by atomic mass is 32.1. The number of hydrogen-bond donors (Lipinski definition) is 0. The predicted molar refractivity (Wildman–Crippen MR) is 154 cm³/mol. The normalized spacial score (nSPS) is 16.2. The second-order valence-electron chi connectivity index (χ2n) is 10.3. The number of carbonyl (C=O) groups is 1. The maximum atomic E-state index is 14.5. The van der Waals surface area contributed by atoms with Gasteiger partial charge in [-0.2, -0.15) is 10.2 Å². The third-order valence-electron chi connectivity index (χ3n) is 7.46. The lowest BCUT2D eigenvalue weighted by molar-refractivity contribution is -0.131. The molecular weight excluding hydrogens is 567 g/mol. The van der Waals surface area contributed by atoms with E-state index in [2.05, 4.69) is 10.2 Å². The van der Waals surface area contributed by atoms with Crippen molar-refractivity contribution in [3.8, 4) is 10.8 Å². The molecule has 1 aliphatic rings. The van der Waals surface area contributed by atoms with Crippen LogP contribution in [0.2, 0.25) is 0 Å². The third-order valence-corrected chi connectivity index (χ3v) is 8.74. The molecule has 42 heavy (non-hydrogen) atoms. The van der Waals surface area contributed by atoms with Crippen LogP contribution in [-0.2, 0) is 20.8 Å². The number of nitrogens with zero attached hydrogens (tertiary/aromatic N) is 6. The number of rotatable bonds is 11. The summed E-state index contributed by atoms with van der Waals surface area (Å²) in [6.07, 6.45) is 2.49. The zero-order chi connectivity index (χ0) is 30.1. The highest BCUT2D eigenvalue weighted by molar-refractivity contribution is 7.21. The monoisotopic (exact) mass is 600 g/mol. The van der Waals surface area contributed by atoms with Crippen LogP contribution in [0.4, 0.5) is 4.39 Å². The first kappa shape index (κ1) is 29.6. The summed E-state index contributed by atoms with van der Waals surface area (Å²) in [5.41, 5.74) is -0.252. The van der Waals surface area contributed by atoms with Crippen LogP contribution in [0.5, 0.6) is 5.75 Å². The van der Waals surface area contributed by atoms with Gasteiger partial charge in [0.15, 0.2) is 0 Å². The minimum Gasteiger partial charge on any atom is -0.496 e. The molecule has 1 amide bonds. The molecule has 4 heterocycles. The number of amides is 1. The molecule has 1 saturated heterocycles.